The molecule has 1 heterocycles. The van der Waals surface area contributed by atoms with E-state index in [0.29, 0.717) is 51.6 Å². The first-order valence-electron chi connectivity index (χ1n) is 12.5. The van der Waals surface area contributed by atoms with Crippen LogP contribution in [0, 0.1) is 0 Å². The Hall–Kier alpha value is -1.80. The summed E-state index contributed by atoms with van der Waals surface area (Å²) in [5, 5.41) is 8.68. The highest BCUT2D eigenvalue weighted by atomic mass is 79.9. The van der Waals surface area contributed by atoms with E-state index in [2.05, 4.69) is 82.4 Å². The van der Waals surface area contributed by atoms with Crippen molar-refractivity contribution in [2.45, 2.75) is 19.1 Å². The third-order valence-corrected chi connectivity index (χ3v) is 8.04. The Labute approximate surface area is 215 Å². The van der Waals surface area contributed by atoms with E-state index in [-0.39, 0.29) is 5.60 Å². The maximum absolute atomic E-state index is 6.03. The lowest BCUT2D eigenvalue weighted by atomic mass is 9.92. The van der Waals surface area contributed by atoms with Crippen LogP contribution in [0.4, 0.5) is 0 Å². The molecular formula is C29H34BrNO4. The lowest BCUT2D eigenvalue weighted by Crippen LogP contribution is -2.38. The standard InChI is InChI=1S/C29H34BrNO4/c1-29(20-30)21-34-16-15-32-13-11-31(12-14-33-17-18-35-29)19-25-8-7-24-6-5-22-3-2-4-23-9-10-26(25)28(24)27(22)23/h2-10H,11-21H2,1H3. The average Bonchev–Trinajstić information content (AvgIpc) is 2.89. The minimum absolute atomic E-state index is 0.357. The summed E-state index contributed by atoms with van der Waals surface area (Å²) in [6.07, 6.45) is 0. The highest BCUT2D eigenvalue weighted by molar-refractivity contribution is 9.09. The summed E-state index contributed by atoms with van der Waals surface area (Å²) in [6, 6.07) is 20.1. The van der Waals surface area contributed by atoms with Gasteiger partial charge in [0.05, 0.1) is 51.8 Å². The second kappa shape index (κ2) is 11.5. The number of nitrogens with zero attached hydrogens (tertiary/aromatic N) is 1. The molecular weight excluding hydrogens is 506 g/mol. The smallest absolute Gasteiger partial charge is 0.0984 e. The van der Waals surface area contributed by atoms with Crippen molar-refractivity contribution in [3.05, 3.63) is 60.2 Å². The number of rotatable bonds is 3. The molecule has 1 fully saturated rings. The van der Waals surface area contributed by atoms with Crippen LogP contribution in [0.3, 0.4) is 0 Å². The molecule has 1 aliphatic rings. The van der Waals surface area contributed by atoms with Crippen molar-refractivity contribution in [2.75, 3.05) is 64.7 Å². The summed E-state index contributed by atoms with van der Waals surface area (Å²) in [7, 11) is 0. The molecule has 0 N–H and O–H groups in total. The topological polar surface area (TPSA) is 40.2 Å². The Morgan fingerprint density at radius 1 is 0.743 bits per heavy atom. The lowest BCUT2D eigenvalue weighted by molar-refractivity contribution is -0.0904. The SMILES string of the molecule is CC1(CBr)COCCOCCN(Cc2ccc3ccc4cccc5ccc2c3c45)CCOCCO1. The third kappa shape index (κ3) is 5.79. The van der Waals surface area contributed by atoms with Gasteiger partial charge in [-0.15, -0.1) is 0 Å². The van der Waals surface area contributed by atoms with Gasteiger partial charge in [0.2, 0.25) is 0 Å². The van der Waals surface area contributed by atoms with Gasteiger partial charge >= 0.3 is 0 Å². The quantitative estimate of drug-likeness (QED) is 0.249. The van der Waals surface area contributed by atoms with E-state index >= 15 is 0 Å². The molecule has 1 atom stereocenters. The molecule has 0 spiro atoms. The van der Waals surface area contributed by atoms with Crippen LogP contribution >= 0.6 is 15.9 Å². The molecule has 5 rings (SSSR count). The molecule has 0 aliphatic carbocycles. The van der Waals surface area contributed by atoms with Gasteiger partial charge in [0.25, 0.3) is 0 Å². The van der Waals surface area contributed by atoms with Gasteiger partial charge in [-0.3, -0.25) is 4.90 Å². The largest absolute Gasteiger partial charge is 0.378 e. The first kappa shape index (κ1) is 24.9. The van der Waals surface area contributed by atoms with Crippen LogP contribution in [-0.4, -0.2) is 75.2 Å². The van der Waals surface area contributed by atoms with Crippen molar-refractivity contribution >= 4 is 48.2 Å². The molecule has 1 aliphatic heterocycles. The van der Waals surface area contributed by atoms with Crippen LogP contribution in [0.25, 0.3) is 32.3 Å². The van der Waals surface area contributed by atoms with E-state index in [1.165, 1.54) is 37.9 Å². The number of halogens is 1. The minimum Gasteiger partial charge on any atom is -0.378 e. The molecule has 0 saturated carbocycles. The fraction of sp³-hybridized carbons (Fsp3) is 0.448. The predicted octanol–water partition coefficient (Wildman–Crippen LogP) is 5.62. The molecule has 0 radical (unpaired) electrons. The van der Waals surface area contributed by atoms with E-state index in [1.807, 2.05) is 0 Å². The van der Waals surface area contributed by atoms with Gasteiger partial charge in [0, 0.05) is 25.0 Å². The Balaban J connectivity index is 1.33. The van der Waals surface area contributed by atoms with Gasteiger partial charge in [0.15, 0.2) is 0 Å². The number of hydrogen-bond donors (Lipinski definition) is 0. The minimum atomic E-state index is -0.357. The molecule has 4 aromatic rings. The molecule has 35 heavy (non-hydrogen) atoms. The van der Waals surface area contributed by atoms with Crippen LogP contribution in [0.2, 0.25) is 0 Å². The molecule has 1 unspecified atom stereocenters. The molecule has 4 aromatic carbocycles. The molecule has 0 amide bonds. The summed E-state index contributed by atoms with van der Waals surface area (Å²) < 4.78 is 23.7. The van der Waals surface area contributed by atoms with Crippen molar-refractivity contribution in [1.82, 2.24) is 4.90 Å². The van der Waals surface area contributed by atoms with Gasteiger partial charge in [-0.25, -0.2) is 0 Å². The van der Waals surface area contributed by atoms with Gasteiger partial charge in [-0.2, -0.15) is 0 Å². The van der Waals surface area contributed by atoms with Crippen molar-refractivity contribution in [1.29, 1.82) is 0 Å². The maximum Gasteiger partial charge on any atom is 0.0984 e. The predicted molar refractivity (Wildman–Crippen MR) is 146 cm³/mol. The molecule has 1 saturated heterocycles. The molecule has 5 nitrogen and oxygen atoms in total. The van der Waals surface area contributed by atoms with Crippen LogP contribution in [0.15, 0.2) is 54.6 Å². The number of ether oxygens (including phenoxy) is 4. The lowest BCUT2D eigenvalue weighted by Gasteiger charge is -2.27. The second-order valence-electron chi connectivity index (χ2n) is 9.57. The fourth-order valence-electron chi connectivity index (χ4n) is 4.91. The van der Waals surface area contributed by atoms with Gasteiger partial charge in [-0.1, -0.05) is 70.5 Å². The molecule has 0 aromatic heterocycles. The van der Waals surface area contributed by atoms with Crippen molar-refractivity contribution < 1.29 is 18.9 Å². The Kier molecular flexibility index (Phi) is 8.18. The first-order valence-corrected chi connectivity index (χ1v) is 13.6. The van der Waals surface area contributed by atoms with E-state index in [0.717, 1.165) is 19.6 Å². The zero-order chi connectivity index (χ0) is 24.1. The van der Waals surface area contributed by atoms with Gasteiger partial charge < -0.3 is 18.9 Å². The van der Waals surface area contributed by atoms with Gasteiger partial charge in [0.1, 0.15) is 0 Å². The van der Waals surface area contributed by atoms with E-state index in [1.54, 1.807) is 0 Å². The zero-order valence-electron chi connectivity index (χ0n) is 20.4. The molecule has 6 heteroatoms. The Morgan fingerprint density at radius 2 is 1.37 bits per heavy atom. The normalized spacial score (nSPS) is 22.5. The van der Waals surface area contributed by atoms with E-state index in [4.69, 9.17) is 18.9 Å². The van der Waals surface area contributed by atoms with E-state index in [9.17, 15) is 0 Å². The van der Waals surface area contributed by atoms with E-state index < -0.39 is 0 Å². The monoisotopic (exact) mass is 539 g/mol. The fourth-order valence-corrected chi connectivity index (χ4v) is 5.23. The highest BCUT2D eigenvalue weighted by Crippen LogP contribution is 2.36. The number of hydrogen-bond acceptors (Lipinski definition) is 5. The summed E-state index contributed by atoms with van der Waals surface area (Å²) in [5.74, 6) is 0. The zero-order valence-corrected chi connectivity index (χ0v) is 22.0. The Morgan fingerprint density at radius 3 is 2.11 bits per heavy atom. The second-order valence-corrected chi connectivity index (χ2v) is 10.1. The van der Waals surface area contributed by atoms with Crippen LogP contribution in [0.5, 0.6) is 0 Å². The summed E-state index contributed by atoms with van der Waals surface area (Å²) >= 11 is 3.54. The summed E-state index contributed by atoms with van der Waals surface area (Å²) in [5.41, 5.74) is 0.985. The highest BCUT2D eigenvalue weighted by Gasteiger charge is 2.24. The van der Waals surface area contributed by atoms with Crippen LogP contribution in [-0.2, 0) is 25.5 Å². The average molecular weight is 540 g/mol. The van der Waals surface area contributed by atoms with Crippen LogP contribution in [0.1, 0.15) is 12.5 Å². The van der Waals surface area contributed by atoms with Crippen molar-refractivity contribution in [2.24, 2.45) is 0 Å². The third-order valence-electron chi connectivity index (χ3n) is 6.86. The number of alkyl halides is 1. The van der Waals surface area contributed by atoms with Crippen LogP contribution < -0.4 is 0 Å². The maximum atomic E-state index is 6.03. The van der Waals surface area contributed by atoms with Crippen molar-refractivity contribution in [3.63, 3.8) is 0 Å². The van der Waals surface area contributed by atoms with Gasteiger partial charge in [-0.05, 0) is 44.8 Å². The number of benzene rings is 4. The molecule has 0 bridgehead atoms. The Bertz CT molecular complexity index is 1230. The van der Waals surface area contributed by atoms with Crippen molar-refractivity contribution in [3.8, 4) is 0 Å². The summed E-state index contributed by atoms with van der Waals surface area (Å²) in [4.78, 5) is 2.43. The summed E-state index contributed by atoms with van der Waals surface area (Å²) in [6.45, 7) is 8.75. The first-order chi connectivity index (χ1) is 17.2. The molecule has 186 valence electrons.